The van der Waals surface area contributed by atoms with E-state index in [1.165, 1.54) is 5.56 Å². The second-order valence-electron chi connectivity index (χ2n) is 5.04. The number of carbonyl (C=O) groups is 1. The quantitative estimate of drug-likeness (QED) is 0.658. The number of benzene rings is 1. The summed E-state index contributed by atoms with van der Waals surface area (Å²) in [5, 5.41) is 0. The van der Waals surface area contributed by atoms with Gasteiger partial charge < -0.3 is 0 Å². The molecule has 0 aliphatic carbocycles. The molecule has 1 rings (SSSR count). The van der Waals surface area contributed by atoms with Gasteiger partial charge >= 0.3 is 0 Å². The lowest BCUT2D eigenvalue weighted by molar-refractivity contribution is -0.118. The lowest BCUT2D eigenvalue weighted by Gasteiger charge is -2.35. The van der Waals surface area contributed by atoms with Gasteiger partial charge in [0.25, 0.3) is 0 Å². The van der Waals surface area contributed by atoms with E-state index in [1.807, 2.05) is 12.1 Å². The third kappa shape index (κ3) is 4.64. The highest BCUT2D eigenvalue weighted by atomic mass is 16.1. The van der Waals surface area contributed by atoms with E-state index in [2.05, 4.69) is 49.6 Å². The van der Waals surface area contributed by atoms with Crippen LogP contribution >= 0.6 is 0 Å². The molecule has 0 amide bonds. The monoisotopic (exact) mass is 259 g/mol. The first-order valence-electron chi connectivity index (χ1n) is 7.01. The van der Waals surface area contributed by atoms with Crippen LogP contribution in [0.3, 0.4) is 0 Å². The Morgan fingerprint density at radius 2 is 2.00 bits per heavy atom. The van der Waals surface area contributed by atoms with E-state index in [4.69, 9.17) is 0 Å². The van der Waals surface area contributed by atoms with Crippen molar-refractivity contribution in [1.82, 2.24) is 4.90 Å². The average Bonchev–Trinajstić information content (AvgIpc) is 2.42. The fourth-order valence-corrected chi connectivity index (χ4v) is 2.52. The highest BCUT2D eigenvalue weighted by molar-refractivity contribution is 5.76. The van der Waals surface area contributed by atoms with E-state index < -0.39 is 0 Å². The Morgan fingerprint density at radius 3 is 2.47 bits per heavy atom. The Morgan fingerprint density at radius 1 is 1.37 bits per heavy atom. The fraction of sp³-hybridized carbons (Fsp3) is 0.471. The van der Waals surface area contributed by atoms with Crippen LogP contribution in [-0.2, 0) is 4.79 Å². The molecule has 0 fully saturated rings. The van der Waals surface area contributed by atoms with Crippen molar-refractivity contribution in [3.63, 3.8) is 0 Å². The zero-order valence-corrected chi connectivity index (χ0v) is 12.3. The largest absolute Gasteiger partial charge is 0.300 e. The number of hydrogen-bond donors (Lipinski definition) is 0. The van der Waals surface area contributed by atoms with Crippen molar-refractivity contribution in [2.24, 2.45) is 0 Å². The topological polar surface area (TPSA) is 20.3 Å². The van der Waals surface area contributed by atoms with E-state index in [9.17, 15) is 4.79 Å². The third-order valence-corrected chi connectivity index (χ3v) is 3.58. The summed E-state index contributed by atoms with van der Waals surface area (Å²) in [6.45, 7) is 10.7. The minimum absolute atomic E-state index is 0.251. The zero-order valence-electron chi connectivity index (χ0n) is 12.3. The van der Waals surface area contributed by atoms with Crippen LogP contribution in [0.15, 0.2) is 43.0 Å². The maximum atomic E-state index is 11.4. The molecule has 1 aromatic carbocycles. The normalized spacial score (nSPS) is 14.1. The minimum atomic E-state index is 0.251. The average molecular weight is 259 g/mol. The van der Waals surface area contributed by atoms with Crippen molar-refractivity contribution in [2.75, 3.05) is 6.54 Å². The van der Waals surface area contributed by atoms with Gasteiger partial charge in [-0.15, -0.1) is 6.58 Å². The van der Waals surface area contributed by atoms with Gasteiger partial charge in [-0.1, -0.05) is 43.3 Å². The first-order chi connectivity index (χ1) is 9.10. The highest BCUT2D eigenvalue weighted by Gasteiger charge is 2.23. The van der Waals surface area contributed by atoms with Crippen molar-refractivity contribution in [1.29, 1.82) is 0 Å². The van der Waals surface area contributed by atoms with Crippen molar-refractivity contribution < 1.29 is 4.79 Å². The van der Waals surface area contributed by atoms with Crippen LogP contribution in [0.4, 0.5) is 0 Å². The molecule has 0 aliphatic heterocycles. The molecule has 0 saturated carbocycles. The van der Waals surface area contributed by atoms with E-state index in [0.29, 0.717) is 12.5 Å². The standard InChI is InChI=1S/C17H25NO/c1-5-12-18(17(6-2)13-14(3)19)15(4)16-10-8-7-9-11-16/h5,7-11,15,17H,1,6,12-13H2,2-4H3/t15-,17?/m0/s1. The molecule has 2 nitrogen and oxygen atoms in total. The number of carbonyl (C=O) groups excluding carboxylic acids is 1. The van der Waals surface area contributed by atoms with Crippen LogP contribution in [0.25, 0.3) is 0 Å². The summed E-state index contributed by atoms with van der Waals surface area (Å²) >= 11 is 0. The van der Waals surface area contributed by atoms with Crippen molar-refractivity contribution in [3.8, 4) is 0 Å². The zero-order chi connectivity index (χ0) is 14.3. The molecule has 19 heavy (non-hydrogen) atoms. The van der Waals surface area contributed by atoms with Crippen molar-refractivity contribution >= 4 is 5.78 Å². The number of nitrogens with zero attached hydrogens (tertiary/aromatic N) is 1. The maximum absolute atomic E-state index is 11.4. The first-order valence-corrected chi connectivity index (χ1v) is 7.01. The Balaban J connectivity index is 2.91. The second-order valence-corrected chi connectivity index (χ2v) is 5.04. The molecule has 1 aromatic rings. The van der Waals surface area contributed by atoms with Gasteiger partial charge in [0.2, 0.25) is 0 Å². The Hall–Kier alpha value is -1.41. The second kappa shape index (κ2) is 7.90. The van der Waals surface area contributed by atoms with Crippen LogP contribution < -0.4 is 0 Å². The van der Waals surface area contributed by atoms with E-state index in [-0.39, 0.29) is 11.8 Å². The molecule has 0 aromatic heterocycles. The molecule has 104 valence electrons. The smallest absolute Gasteiger partial charge is 0.131 e. The van der Waals surface area contributed by atoms with Crippen LogP contribution in [-0.4, -0.2) is 23.3 Å². The predicted octanol–water partition coefficient (Wildman–Crippen LogP) is 3.99. The van der Waals surface area contributed by atoms with Gasteiger partial charge in [-0.25, -0.2) is 0 Å². The number of rotatable bonds is 8. The maximum Gasteiger partial charge on any atom is 0.131 e. The lowest BCUT2D eigenvalue weighted by atomic mass is 10.0. The summed E-state index contributed by atoms with van der Waals surface area (Å²) in [5.41, 5.74) is 1.28. The molecule has 1 unspecified atom stereocenters. The lowest BCUT2D eigenvalue weighted by Crippen LogP contribution is -2.38. The van der Waals surface area contributed by atoms with Crippen LogP contribution in [0.2, 0.25) is 0 Å². The summed E-state index contributed by atoms with van der Waals surface area (Å²) in [5.74, 6) is 0.251. The molecule has 2 heteroatoms. The Bertz CT molecular complexity index is 399. The third-order valence-electron chi connectivity index (χ3n) is 3.58. The van der Waals surface area contributed by atoms with Gasteiger partial charge in [0, 0.05) is 25.0 Å². The highest BCUT2D eigenvalue weighted by Crippen LogP contribution is 2.25. The van der Waals surface area contributed by atoms with Gasteiger partial charge in [-0.05, 0) is 25.8 Å². The van der Waals surface area contributed by atoms with E-state index >= 15 is 0 Å². The van der Waals surface area contributed by atoms with Crippen molar-refractivity contribution in [3.05, 3.63) is 48.6 Å². The SMILES string of the molecule is C=CCN(C(CC)CC(C)=O)[C@@H](C)c1ccccc1. The van der Waals surface area contributed by atoms with Gasteiger partial charge in [0.05, 0.1) is 0 Å². The number of Topliss-reactive ketones (excluding diaryl/α,β-unsaturated/α-hetero) is 1. The molecular weight excluding hydrogens is 234 g/mol. The van der Waals surface area contributed by atoms with Gasteiger partial charge in [0.15, 0.2) is 0 Å². The Kier molecular flexibility index (Phi) is 6.51. The predicted molar refractivity (Wildman–Crippen MR) is 81.1 cm³/mol. The van der Waals surface area contributed by atoms with Crippen LogP contribution in [0, 0.1) is 0 Å². The van der Waals surface area contributed by atoms with Gasteiger partial charge in [-0.3, -0.25) is 9.69 Å². The molecule has 2 atom stereocenters. The summed E-state index contributed by atoms with van der Waals surface area (Å²) in [4.78, 5) is 13.8. The van der Waals surface area contributed by atoms with Crippen molar-refractivity contribution in [2.45, 2.75) is 45.7 Å². The molecule has 0 heterocycles. The van der Waals surface area contributed by atoms with E-state index in [0.717, 1.165) is 13.0 Å². The molecule has 0 N–H and O–H groups in total. The fourth-order valence-electron chi connectivity index (χ4n) is 2.52. The van der Waals surface area contributed by atoms with Gasteiger partial charge in [-0.2, -0.15) is 0 Å². The summed E-state index contributed by atoms with van der Waals surface area (Å²) in [6.07, 6.45) is 3.51. The van der Waals surface area contributed by atoms with Gasteiger partial charge in [0.1, 0.15) is 5.78 Å². The molecular formula is C17H25NO. The minimum Gasteiger partial charge on any atom is -0.300 e. The molecule has 0 radical (unpaired) electrons. The first kappa shape index (κ1) is 15.6. The van der Waals surface area contributed by atoms with Crippen LogP contribution in [0.5, 0.6) is 0 Å². The molecule has 0 bridgehead atoms. The molecule has 0 spiro atoms. The summed E-state index contributed by atoms with van der Waals surface area (Å²) in [7, 11) is 0. The van der Waals surface area contributed by atoms with Crippen LogP contribution in [0.1, 0.15) is 45.2 Å². The molecule has 0 aliphatic rings. The number of ketones is 1. The number of hydrogen-bond acceptors (Lipinski definition) is 2. The molecule has 0 saturated heterocycles. The van der Waals surface area contributed by atoms with E-state index in [1.54, 1.807) is 6.92 Å². The summed E-state index contributed by atoms with van der Waals surface area (Å²) < 4.78 is 0. The summed E-state index contributed by atoms with van der Waals surface area (Å²) in [6, 6.07) is 11.0. The Labute approximate surface area is 117 Å².